The summed E-state index contributed by atoms with van der Waals surface area (Å²) < 4.78 is 21.4. The Balaban J connectivity index is 1.57. The summed E-state index contributed by atoms with van der Waals surface area (Å²) in [5.74, 6) is 0.304. The standard InChI is InChI=1S/C24H29FN4O/c1-16(2)30-24(21-11-20(25)12-22-23(21)27-28-26-22)18-9-6-10-19(24)15-29(14-18)13-17-7-4-3-5-8-17/h3-5,7-8,11-12,16,18-19H,6,9-10,13-15H2,1-2H3,(H,26,27,28). The minimum absolute atomic E-state index is 0.0407. The van der Waals surface area contributed by atoms with Gasteiger partial charge >= 0.3 is 0 Å². The van der Waals surface area contributed by atoms with E-state index < -0.39 is 5.60 Å². The molecule has 2 bridgehead atoms. The maximum atomic E-state index is 14.6. The SMILES string of the molecule is CC(C)OC1(c2cc(F)cc3n[nH]nc23)C2CCCC1CN(Cc1ccccc1)C2. The molecule has 2 unspecified atom stereocenters. The fraction of sp³-hybridized carbons (Fsp3) is 0.500. The number of likely N-dealkylation sites (tertiary alicyclic amines) is 1. The van der Waals surface area contributed by atoms with Gasteiger partial charge in [0.05, 0.1) is 6.10 Å². The molecule has 0 amide bonds. The zero-order chi connectivity index (χ0) is 20.7. The van der Waals surface area contributed by atoms with Gasteiger partial charge < -0.3 is 4.74 Å². The van der Waals surface area contributed by atoms with E-state index in [1.807, 2.05) is 0 Å². The number of nitrogens with zero attached hydrogens (tertiary/aromatic N) is 3. The van der Waals surface area contributed by atoms with Gasteiger partial charge in [-0.05, 0) is 38.3 Å². The van der Waals surface area contributed by atoms with Crippen LogP contribution in [-0.4, -0.2) is 39.5 Å². The quantitative estimate of drug-likeness (QED) is 0.668. The molecule has 3 aromatic rings. The van der Waals surface area contributed by atoms with Gasteiger partial charge in [-0.1, -0.05) is 36.8 Å². The lowest BCUT2D eigenvalue weighted by Crippen LogP contribution is -2.59. The third kappa shape index (κ3) is 3.32. The highest BCUT2D eigenvalue weighted by Gasteiger charge is 2.55. The normalized spacial score (nSPS) is 27.1. The molecule has 6 heteroatoms. The van der Waals surface area contributed by atoms with Crippen molar-refractivity contribution >= 4 is 11.0 Å². The number of rotatable bonds is 5. The van der Waals surface area contributed by atoms with Gasteiger partial charge in [-0.3, -0.25) is 4.90 Å². The lowest BCUT2D eigenvalue weighted by Gasteiger charge is -2.56. The Bertz CT molecular complexity index is 1000. The van der Waals surface area contributed by atoms with Gasteiger partial charge in [0.1, 0.15) is 22.5 Å². The largest absolute Gasteiger partial charge is 0.367 e. The maximum absolute atomic E-state index is 14.6. The van der Waals surface area contributed by atoms with E-state index in [0.717, 1.165) is 43.6 Å². The Morgan fingerprint density at radius 3 is 2.57 bits per heavy atom. The van der Waals surface area contributed by atoms with E-state index in [0.29, 0.717) is 5.52 Å². The van der Waals surface area contributed by atoms with Gasteiger partial charge in [0.25, 0.3) is 0 Å². The lowest BCUT2D eigenvalue weighted by molar-refractivity contribution is -0.205. The molecular weight excluding hydrogens is 379 g/mol. The number of nitrogens with one attached hydrogen (secondary N) is 1. The van der Waals surface area contributed by atoms with Crippen molar-refractivity contribution in [1.82, 2.24) is 20.3 Å². The van der Waals surface area contributed by atoms with Crippen molar-refractivity contribution in [3.8, 4) is 0 Å². The van der Waals surface area contributed by atoms with E-state index in [1.165, 1.54) is 18.1 Å². The van der Waals surface area contributed by atoms with Crippen LogP contribution in [-0.2, 0) is 16.9 Å². The third-order valence-electron chi connectivity index (χ3n) is 6.76. The van der Waals surface area contributed by atoms with E-state index in [4.69, 9.17) is 4.74 Å². The zero-order valence-corrected chi connectivity index (χ0v) is 17.6. The fourth-order valence-corrected chi connectivity index (χ4v) is 5.80. The Kier molecular flexibility index (Phi) is 5.07. The van der Waals surface area contributed by atoms with E-state index in [2.05, 4.69) is 64.5 Å². The smallest absolute Gasteiger partial charge is 0.125 e. The highest BCUT2D eigenvalue weighted by Crippen LogP contribution is 2.53. The van der Waals surface area contributed by atoms with E-state index in [1.54, 1.807) is 6.07 Å². The Morgan fingerprint density at radius 1 is 1.13 bits per heavy atom. The van der Waals surface area contributed by atoms with E-state index in [-0.39, 0.29) is 23.8 Å². The minimum Gasteiger partial charge on any atom is -0.367 e. The molecule has 1 N–H and O–H groups in total. The zero-order valence-electron chi connectivity index (χ0n) is 17.6. The molecule has 2 aliphatic rings. The lowest BCUT2D eigenvalue weighted by atomic mass is 9.62. The number of benzene rings is 2. The van der Waals surface area contributed by atoms with Gasteiger partial charge in [0, 0.05) is 43.1 Å². The molecule has 158 valence electrons. The molecule has 1 aliphatic heterocycles. The number of fused-ring (bicyclic) bond motifs is 3. The molecule has 1 saturated heterocycles. The van der Waals surface area contributed by atoms with Crippen molar-refractivity contribution in [2.24, 2.45) is 11.8 Å². The Morgan fingerprint density at radius 2 is 1.87 bits per heavy atom. The molecule has 30 heavy (non-hydrogen) atoms. The summed E-state index contributed by atoms with van der Waals surface area (Å²) in [6, 6.07) is 13.7. The summed E-state index contributed by atoms with van der Waals surface area (Å²) in [5, 5.41) is 11.3. The van der Waals surface area contributed by atoms with Crippen molar-refractivity contribution in [3.63, 3.8) is 0 Å². The van der Waals surface area contributed by atoms with Crippen LogP contribution < -0.4 is 0 Å². The summed E-state index contributed by atoms with van der Waals surface area (Å²) in [4.78, 5) is 2.55. The van der Waals surface area contributed by atoms with E-state index in [9.17, 15) is 4.39 Å². The first kappa shape index (κ1) is 19.6. The molecular formula is C24H29FN4O. The third-order valence-corrected chi connectivity index (χ3v) is 6.76. The fourth-order valence-electron chi connectivity index (χ4n) is 5.80. The van der Waals surface area contributed by atoms with Crippen molar-refractivity contribution < 1.29 is 9.13 Å². The van der Waals surface area contributed by atoms with Crippen LogP contribution in [0.15, 0.2) is 42.5 Å². The van der Waals surface area contributed by atoms with Crippen LogP contribution >= 0.6 is 0 Å². The second kappa shape index (κ2) is 7.75. The number of ether oxygens (including phenoxy) is 1. The number of aromatic amines is 1. The Hall–Kier alpha value is -2.31. The predicted molar refractivity (Wildman–Crippen MR) is 114 cm³/mol. The average Bonchev–Trinajstić information content (AvgIpc) is 3.16. The van der Waals surface area contributed by atoms with Gasteiger partial charge in [0.2, 0.25) is 0 Å². The number of H-pyrrole nitrogens is 1. The average molecular weight is 409 g/mol. The minimum atomic E-state index is -0.531. The first-order valence-electron chi connectivity index (χ1n) is 11.0. The Labute approximate surface area is 176 Å². The second-order valence-corrected chi connectivity index (χ2v) is 9.11. The molecule has 2 heterocycles. The van der Waals surface area contributed by atoms with Crippen LogP contribution in [0.4, 0.5) is 4.39 Å². The van der Waals surface area contributed by atoms with Crippen molar-refractivity contribution in [3.05, 3.63) is 59.4 Å². The van der Waals surface area contributed by atoms with Gasteiger partial charge in [-0.25, -0.2) is 4.39 Å². The van der Waals surface area contributed by atoms with Crippen LogP contribution in [0.25, 0.3) is 11.0 Å². The summed E-state index contributed by atoms with van der Waals surface area (Å²) in [6.07, 6.45) is 3.38. The molecule has 2 fully saturated rings. The molecule has 1 aliphatic carbocycles. The van der Waals surface area contributed by atoms with Crippen molar-refractivity contribution in [1.29, 1.82) is 0 Å². The highest BCUT2D eigenvalue weighted by molar-refractivity contribution is 5.78. The van der Waals surface area contributed by atoms with Crippen LogP contribution in [0.5, 0.6) is 0 Å². The van der Waals surface area contributed by atoms with Crippen LogP contribution in [0.2, 0.25) is 0 Å². The van der Waals surface area contributed by atoms with Crippen LogP contribution in [0, 0.1) is 17.7 Å². The number of hydrogen-bond acceptors (Lipinski definition) is 4. The molecule has 0 spiro atoms. The van der Waals surface area contributed by atoms with Crippen molar-refractivity contribution in [2.75, 3.05) is 13.1 Å². The predicted octanol–water partition coefficient (Wildman–Crippen LogP) is 4.65. The molecule has 5 nitrogen and oxygen atoms in total. The highest BCUT2D eigenvalue weighted by atomic mass is 19.1. The summed E-state index contributed by atoms with van der Waals surface area (Å²) in [5.41, 5.74) is 2.98. The van der Waals surface area contributed by atoms with E-state index >= 15 is 0 Å². The summed E-state index contributed by atoms with van der Waals surface area (Å²) in [6.45, 7) is 6.97. The van der Waals surface area contributed by atoms with Crippen LogP contribution in [0.1, 0.15) is 44.2 Å². The number of hydrogen-bond donors (Lipinski definition) is 1. The maximum Gasteiger partial charge on any atom is 0.125 e. The first-order valence-corrected chi connectivity index (χ1v) is 11.0. The molecule has 1 aromatic heterocycles. The second-order valence-electron chi connectivity index (χ2n) is 9.11. The summed E-state index contributed by atoms with van der Waals surface area (Å²) in [7, 11) is 0. The summed E-state index contributed by atoms with van der Waals surface area (Å²) >= 11 is 0. The molecule has 2 aromatic carbocycles. The van der Waals surface area contributed by atoms with Crippen LogP contribution in [0.3, 0.4) is 0 Å². The van der Waals surface area contributed by atoms with Gasteiger partial charge in [-0.2, -0.15) is 15.4 Å². The molecule has 2 atom stereocenters. The van der Waals surface area contributed by atoms with Gasteiger partial charge in [-0.15, -0.1) is 0 Å². The first-order chi connectivity index (χ1) is 14.6. The number of aromatic nitrogens is 3. The topological polar surface area (TPSA) is 54.0 Å². The molecule has 1 saturated carbocycles. The number of halogens is 1. The van der Waals surface area contributed by atoms with Crippen molar-refractivity contribution in [2.45, 2.75) is 51.4 Å². The number of piperidine rings is 1. The monoisotopic (exact) mass is 408 g/mol. The van der Waals surface area contributed by atoms with Gasteiger partial charge in [0.15, 0.2) is 0 Å². The molecule has 0 radical (unpaired) electrons. The molecule has 5 rings (SSSR count).